The molecule has 4 heterocycles. The maximum Gasteiger partial charge on any atom is 0.268 e. The van der Waals surface area contributed by atoms with Gasteiger partial charge in [-0.05, 0) is 57.0 Å². The molecule has 1 unspecified atom stereocenters. The van der Waals surface area contributed by atoms with E-state index in [4.69, 9.17) is 11.6 Å². The third kappa shape index (κ3) is 4.70. The van der Waals surface area contributed by atoms with Gasteiger partial charge >= 0.3 is 0 Å². The highest BCUT2D eigenvalue weighted by Crippen LogP contribution is 2.39. The van der Waals surface area contributed by atoms with E-state index in [1.165, 1.54) is 23.0 Å². The Kier molecular flexibility index (Phi) is 6.04. The molecule has 5 aromatic rings. The monoisotopic (exact) mass is 548 g/mol. The molecule has 0 radical (unpaired) electrons. The first-order valence-corrected chi connectivity index (χ1v) is 14.0. The Morgan fingerprint density at radius 2 is 1.87 bits per heavy atom. The lowest BCUT2D eigenvalue weighted by atomic mass is 10.2. The van der Waals surface area contributed by atoms with Crippen molar-refractivity contribution in [2.24, 2.45) is 0 Å². The first kappa shape index (κ1) is 24.4. The number of pyridine rings is 1. The van der Waals surface area contributed by atoms with Gasteiger partial charge in [-0.3, -0.25) is 5.10 Å². The number of fused-ring (bicyclic) bond motifs is 1. The second-order valence-corrected chi connectivity index (χ2v) is 11.7. The molecule has 3 N–H and O–H groups in total. The Morgan fingerprint density at radius 3 is 2.63 bits per heavy atom. The van der Waals surface area contributed by atoms with E-state index in [2.05, 4.69) is 35.8 Å². The highest BCUT2D eigenvalue weighted by molar-refractivity contribution is 7.90. The molecule has 6 rings (SSSR count). The van der Waals surface area contributed by atoms with Crippen LogP contribution in [0.1, 0.15) is 48.7 Å². The van der Waals surface area contributed by atoms with Crippen molar-refractivity contribution in [3.05, 3.63) is 82.9 Å². The second-order valence-electron chi connectivity index (χ2n) is 9.43. The van der Waals surface area contributed by atoms with Gasteiger partial charge in [0.2, 0.25) is 5.95 Å². The summed E-state index contributed by atoms with van der Waals surface area (Å²) in [7, 11) is -3.80. The molecule has 1 atom stereocenters. The van der Waals surface area contributed by atoms with Gasteiger partial charge in [0.1, 0.15) is 5.82 Å². The Balaban J connectivity index is 1.23. The number of aromatic amines is 1. The highest BCUT2D eigenvalue weighted by Gasteiger charge is 2.26. The number of benzene rings is 1. The van der Waals surface area contributed by atoms with Gasteiger partial charge in [0.15, 0.2) is 5.82 Å². The lowest BCUT2D eigenvalue weighted by Crippen LogP contribution is -2.13. The molecule has 0 bridgehead atoms. The molecule has 0 spiro atoms. The van der Waals surface area contributed by atoms with Crippen LogP contribution in [-0.2, 0) is 10.0 Å². The summed E-state index contributed by atoms with van der Waals surface area (Å²) >= 11 is 6.61. The van der Waals surface area contributed by atoms with E-state index < -0.39 is 10.0 Å². The molecule has 0 aliphatic heterocycles. The summed E-state index contributed by atoms with van der Waals surface area (Å²) < 4.78 is 27.7. The molecule has 0 saturated heterocycles. The summed E-state index contributed by atoms with van der Waals surface area (Å²) in [6.45, 7) is 3.79. The van der Waals surface area contributed by atoms with E-state index >= 15 is 0 Å². The van der Waals surface area contributed by atoms with Crippen LogP contribution in [0.2, 0.25) is 5.02 Å². The molecule has 12 heteroatoms. The van der Waals surface area contributed by atoms with E-state index in [9.17, 15) is 8.42 Å². The molecule has 1 aliphatic rings. The Bertz CT molecular complexity index is 1740. The van der Waals surface area contributed by atoms with E-state index in [0.717, 1.165) is 11.3 Å². The summed E-state index contributed by atoms with van der Waals surface area (Å²) in [6, 6.07) is 13.4. The molecule has 194 valence electrons. The van der Waals surface area contributed by atoms with Gasteiger partial charge in [0.05, 0.1) is 32.7 Å². The molecule has 4 aromatic heterocycles. The first-order valence-electron chi connectivity index (χ1n) is 12.2. The number of rotatable bonds is 8. The highest BCUT2D eigenvalue weighted by atomic mass is 35.5. The van der Waals surface area contributed by atoms with Crippen molar-refractivity contribution in [1.29, 1.82) is 0 Å². The zero-order valence-electron chi connectivity index (χ0n) is 20.7. The zero-order chi connectivity index (χ0) is 26.4. The van der Waals surface area contributed by atoms with Gasteiger partial charge in [0, 0.05) is 30.1 Å². The lowest BCUT2D eigenvalue weighted by molar-refractivity contribution is 0.589. The Labute approximate surface area is 224 Å². The summed E-state index contributed by atoms with van der Waals surface area (Å²) in [6.07, 6.45) is 5.52. The van der Waals surface area contributed by atoms with Crippen LogP contribution in [0.15, 0.2) is 65.8 Å². The van der Waals surface area contributed by atoms with Crippen LogP contribution < -0.4 is 10.6 Å². The van der Waals surface area contributed by atoms with E-state index in [1.807, 2.05) is 19.9 Å². The third-order valence-corrected chi connectivity index (χ3v) is 8.48. The largest absolute Gasteiger partial charge is 0.346 e. The van der Waals surface area contributed by atoms with E-state index in [-0.39, 0.29) is 10.9 Å². The lowest BCUT2D eigenvalue weighted by Gasteiger charge is -2.16. The number of hydrogen-bond acceptors (Lipinski definition) is 8. The van der Waals surface area contributed by atoms with Crippen molar-refractivity contribution in [1.82, 2.24) is 29.1 Å². The maximum absolute atomic E-state index is 13.2. The van der Waals surface area contributed by atoms with E-state index in [0.29, 0.717) is 45.3 Å². The second kappa shape index (κ2) is 9.41. The summed E-state index contributed by atoms with van der Waals surface area (Å²) in [4.78, 5) is 13.7. The molecular weight excluding hydrogens is 524 g/mol. The fraction of sp³-hybridized carbons (Fsp3) is 0.231. The normalized spacial score (nSPS) is 14.5. The van der Waals surface area contributed by atoms with Crippen molar-refractivity contribution >= 4 is 50.2 Å². The molecule has 0 amide bonds. The van der Waals surface area contributed by atoms with Gasteiger partial charge in [-0.25, -0.2) is 22.4 Å². The van der Waals surface area contributed by atoms with Crippen molar-refractivity contribution in [3.8, 4) is 0 Å². The quantitative estimate of drug-likeness (QED) is 0.230. The van der Waals surface area contributed by atoms with Crippen molar-refractivity contribution < 1.29 is 8.42 Å². The average Bonchev–Trinajstić information content (AvgIpc) is 3.49. The molecule has 38 heavy (non-hydrogen) atoms. The van der Waals surface area contributed by atoms with Gasteiger partial charge in [-0.2, -0.15) is 10.1 Å². The topological polar surface area (TPSA) is 130 Å². The smallest absolute Gasteiger partial charge is 0.268 e. The fourth-order valence-electron chi connectivity index (χ4n) is 4.26. The predicted molar refractivity (Wildman–Crippen MR) is 146 cm³/mol. The van der Waals surface area contributed by atoms with Crippen LogP contribution in [0.3, 0.4) is 0 Å². The number of nitrogens with one attached hydrogen (secondary N) is 3. The molecule has 1 aliphatic carbocycles. The summed E-state index contributed by atoms with van der Waals surface area (Å²) in [5, 5.41) is 14.1. The molecule has 1 fully saturated rings. The van der Waals surface area contributed by atoms with Gasteiger partial charge in [0.25, 0.3) is 10.0 Å². The number of H-pyrrole nitrogens is 1. The Hall–Kier alpha value is -3.96. The predicted octanol–water partition coefficient (Wildman–Crippen LogP) is 5.54. The van der Waals surface area contributed by atoms with Crippen LogP contribution >= 0.6 is 11.6 Å². The number of anilines is 3. The molecular formula is C26H25ClN8O2S. The molecule has 1 saturated carbocycles. The summed E-state index contributed by atoms with van der Waals surface area (Å²) in [5.41, 5.74) is 3.57. The minimum atomic E-state index is -3.80. The third-order valence-electron chi connectivity index (χ3n) is 6.48. The van der Waals surface area contributed by atoms with Crippen molar-refractivity contribution in [2.45, 2.75) is 43.5 Å². The zero-order valence-corrected chi connectivity index (χ0v) is 22.3. The first-order chi connectivity index (χ1) is 18.3. The number of halogens is 1. The van der Waals surface area contributed by atoms with Crippen LogP contribution in [-0.4, -0.2) is 37.5 Å². The standard InChI is InChI=1S/C26H25ClN8O2S/c1-15-3-7-18(8-4-15)38(36,37)35-12-10-20-22(35)13-19(27)25(30-20)16(2)29-26-28-11-9-23(32-26)31-24-14-21(33-34-24)17-5-6-17/h3-4,7-14,16-17H,5-6H2,1-2H3,(H3,28,29,31,32,33,34). The number of hydrogen-bond donors (Lipinski definition) is 3. The Morgan fingerprint density at radius 1 is 1.08 bits per heavy atom. The number of nitrogens with zero attached hydrogens (tertiary/aromatic N) is 5. The van der Waals surface area contributed by atoms with Gasteiger partial charge in [-0.1, -0.05) is 29.3 Å². The fourth-order valence-corrected chi connectivity index (χ4v) is 5.90. The molecule has 1 aromatic carbocycles. The van der Waals surface area contributed by atoms with Crippen LogP contribution in [0.4, 0.5) is 17.6 Å². The minimum Gasteiger partial charge on any atom is -0.346 e. The van der Waals surface area contributed by atoms with E-state index in [1.54, 1.807) is 48.7 Å². The number of aromatic nitrogens is 6. The van der Waals surface area contributed by atoms with Crippen molar-refractivity contribution in [2.75, 3.05) is 10.6 Å². The molecule has 10 nitrogen and oxygen atoms in total. The average molecular weight is 549 g/mol. The number of aryl methyl sites for hydroxylation is 1. The summed E-state index contributed by atoms with van der Waals surface area (Å²) in [5.74, 6) is 2.26. The van der Waals surface area contributed by atoms with Gasteiger partial charge < -0.3 is 10.6 Å². The van der Waals surface area contributed by atoms with Crippen LogP contribution in [0, 0.1) is 6.92 Å². The van der Waals surface area contributed by atoms with Crippen LogP contribution in [0.25, 0.3) is 11.0 Å². The van der Waals surface area contributed by atoms with Crippen LogP contribution in [0.5, 0.6) is 0 Å². The SMILES string of the molecule is Cc1ccc(S(=O)(=O)n2ccc3nc(C(C)Nc4nccc(Nc5cc(C6CC6)[nH]n5)n4)c(Cl)cc32)cc1. The minimum absolute atomic E-state index is 0.195. The maximum atomic E-state index is 13.2. The van der Waals surface area contributed by atoms with Gasteiger partial charge in [-0.15, -0.1) is 0 Å². The van der Waals surface area contributed by atoms with Crippen molar-refractivity contribution in [3.63, 3.8) is 0 Å².